The molecule has 0 spiro atoms. The van der Waals surface area contributed by atoms with Crippen LogP contribution in [0.3, 0.4) is 0 Å². The van der Waals surface area contributed by atoms with Crippen molar-refractivity contribution in [1.82, 2.24) is 5.32 Å². The lowest BCUT2D eigenvalue weighted by molar-refractivity contribution is -0.159. The minimum absolute atomic E-state index is 0.0626. The van der Waals surface area contributed by atoms with Crippen LogP contribution in [0.15, 0.2) is 24.3 Å². The standard InChI is InChI=1S/C41H76N2O5/c1-3-5-7-9-11-13-15-17-19-21-23-25-27-29-31-33-40(45)47-37-38(36-43-39(44)35-42)48-41(46)34-32-30-28-26-24-22-20-18-16-14-12-10-8-6-4-2/h17-20,38H,3-16,21-37,42H2,1-2H3,(H,43,44). The number of hydrogen-bond donors (Lipinski definition) is 2. The Labute approximate surface area is 296 Å². The monoisotopic (exact) mass is 677 g/mol. The largest absolute Gasteiger partial charge is 0.462 e. The number of nitrogens with one attached hydrogen (secondary N) is 1. The molecule has 0 rings (SSSR count). The molecule has 280 valence electrons. The highest BCUT2D eigenvalue weighted by Crippen LogP contribution is 2.12. The van der Waals surface area contributed by atoms with Crippen LogP contribution < -0.4 is 11.1 Å². The van der Waals surface area contributed by atoms with Gasteiger partial charge in [-0.1, -0.05) is 141 Å². The number of amides is 1. The normalized spacial score (nSPS) is 12.1. The molecule has 0 aliphatic carbocycles. The van der Waals surface area contributed by atoms with Crippen LogP contribution in [0.5, 0.6) is 0 Å². The molecule has 0 heterocycles. The Morgan fingerprint density at radius 2 is 0.917 bits per heavy atom. The second-order valence-electron chi connectivity index (χ2n) is 13.5. The van der Waals surface area contributed by atoms with E-state index in [1.54, 1.807) is 0 Å². The number of rotatable bonds is 36. The van der Waals surface area contributed by atoms with Crippen molar-refractivity contribution in [2.45, 2.75) is 200 Å². The van der Waals surface area contributed by atoms with Crippen LogP contribution in [-0.4, -0.2) is 43.6 Å². The summed E-state index contributed by atoms with van der Waals surface area (Å²) in [7, 11) is 0. The highest BCUT2D eigenvalue weighted by molar-refractivity contribution is 5.77. The molecule has 7 nitrogen and oxygen atoms in total. The van der Waals surface area contributed by atoms with Gasteiger partial charge >= 0.3 is 11.9 Å². The zero-order chi connectivity index (χ0) is 35.2. The lowest BCUT2D eigenvalue weighted by Crippen LogP contribution is -2.40. The summed E-state index contributed by atoms with van der Waals surface area (Å²) in [5.74, 6) is -0.961. The third-order valence-corrected chi connectivity index (χ3v) is 8.73. The van der Waals surface area contributed by atoms with Gasteiger partial charge in [-0.2, -0.15) is 0 Å². The van der Waals surface area contributed by atoms with Gasteiger partial charge in [0.05, 0.1) is 13.1 Å². The molecular weight excluding hydrogens is 600 g/mol. The predicted molar refractivity (Wildman–Crippen MR) is 202 cm³/mol. The van der Waals surface area contributed by atoms with Gasteiger partial charge in [0.25, 0.3) is 0 Å². The zero-order valence-corrected chi connectivity index (χ0v) is 31.4. The summed E-state index contributed by atoms with van der Waals surface area (Å²) >= 11 is 0. The highest BCUT2D eigenvalue weighted by Gasteiger charge is 2.18. The topological polar surface area (TPSA) is 108 Å². The summed E-state index contributed by atoms with van der Waals surface area (Å²) in [6.45, 7) is 4.38. The van der Waals surface area contributed by atoms with Crippen LogP contribution >= 0.6 is 0 Å². The minimum atomic E-state index is -0.714. The number of nitrogens with two attached hydrogens (primary N) is 1. The van der Waals surface area contributed by atoms with Gasteiger partial charge in [-0.3, -0.25) is 14.4 Å². The fourth-order valence-corrected chi connectivity index (χ4v) is 5.62. The van der Waals surface area contributed by atoms with Crippen LogP contribution in [0.25, 0.3) is 0 Å². The van der Waals surface area contributed by atoms with Crippen LogP contribution in [-0.2, 0) is 23.9 Å². The molecule has 0 saturated carbocycles. The first-order chi connectivity index (χ1) is 23.5. The Bertz CT molecular complexity index is 798. The lowest BCUT2D eigenvalue weighted by Gasteiger charge is -2.18. The van der Waals surface area contributed by atoms with E-state index in [1.807, 2.05) is 0 Å². The quantitative estimate of drug-likeness (QED) is 0.0388. The van der Waals surface area contributed by atoms with E-state index in [9.17, 15) is 14.4 Å². The molecule has 0 aromatic carbocycles. The third kappa shape index (κ3) is 35.2. The van der Waals surface area contributed by atoms with E-state index in [1.165, 1.54) is 109 Å². The van der Waals surface area contributed by atoms with Crippen molar-refractivity contribution >= 4 is 17.8 Å². The molecule has 0 aromatic heterocycles. The smallest absolute Gasteiger partial charge is 0.306 e. The second-order valence-corrected chi connectivity index (χ2v) is 13.5. The maximum absolute atomic E-state index is 12.5. The fraction of sp³-hybridized carbons (Fsp3) is 0.829. The summed E-state index contributed by atoms with van der Waals surface area (Å²) in [6.07, 6.45) is 40.5. The number of carbonyl (C=O) groups excluding carboxylic acids is 3. The van der Waals surface area contributed by atoms with E-state index in [0.29, 0.717) is 12.8 Å². The van der Waals surface area contributed by atoms with Gasteiger partial charge in [0.15, 0.2) is 6.10 Å². The third-order valence-electron chi connectivity index (χ3n) is 8.73. The molecule has 0 fully saturated rings. The average molecular weight is 677 g/mol. The first-order valence-corrected chi connectivity index (χ1v) is 20.1. The molecule has 0 bridgehead atoms. The number of ether oxygens (including phenoxy) is 2. The van der Waals surface area contributed by atoms with E-state index in [4.69, 9.17) is 15.2 Å². The molecule has 0 aromatic rings. The summed E-state index contributed by atoms with van der Waals surface area (Å²) in [5.41, 5.74) is 5.39. The van der Waals surface area contributed by atoms with Gasteiger partial charge in [0.1, 0.15) is 6.61 Å². The number of carbonyl (C=O) groups is 3. The number of unbranched alkanes of at least 4 members (excludes halogenated alkanes) is 22. The molecule has 48 heavy (non-hydrogen) atoms. The molecule has 0 aliphatic heterocycles. The van der Waals surface area contributed by atoms with Gasteiger partial charge in [-0.05, 0) is 64.2 Å². The number of hydrogen-bond acceptors (Lipinski definition) is 6. The van der Waals surface area contributed by atoms with Crippen molar-refractivity contribution in [2.75, 3.05) is 19.7 Å². The molecule has 7 heteroatoms. The Morgan fingerprint density at radius 3 is 1.33 bits per heavy atom. The Hall–Kier alpha value is -2.15. The number of esters is 2. The number of allylic oxidation sites excluding steroid dienone is 4. The maximum atomic E-state index is 12.5. The van der Waals surface area contributed by atoms with E-state index < -0.39 is 6.10 Å². The molecule has 1 amide bonds. The maximum Gasteiger partial charge on any atom is 0.306 e. The Morgan fingerprint density at radius 1 is 0.542 bits per heavy atom. The molecule has 3 N–H and O–H groups in total. The first kappa shape index (κ1) is 45.9. The molecule has 1 unspecified atom stereocenters. The van der Waals surface area contributed by atoms with Crippen molar-refractivity contribution in [1.29, 1.82) is 0 Å². The van der Waals surface area contributed by atoms with Crippen LogP contribution in [0, 0.1) is 0 Å². The van der Waals surface area contributed by atoms with Gasteiger partial charge in [0.2, 0.25) is 5.91 Å². The van der Waals surface area contributed by atoms with Gasteiger partial charge < -0.3 is 20.5 Å². The van der Waals surface area contributed by atoms with E-state index >= 15 is 0 Å². The summed E-state index contributed by atoms with van der Waals surface area (Å²) < 4.78 is 11.0. The van der Waals surface area contributed by atoms with Crippen LogP contribution in [0.2, 0.25) is 0 Å². The molecule has 1 atom stereocenters. The van der Waals surface area contributed by atoms with Crippen LogP contribution in [0.1, 0.15) is 194 Å². The van der Waals surface area contributed by atoms with Gasteiger partial charge in [0, 0.05) is 12.8 Å². The minimum Gasteiger partial charge on any atom is -0.462 e. The van der Waals surface area contributed by atoms with E-state index in [-0.39, 0.29) is 37.5 Å². The Kier molecular flexibility index (Phi) is 36.0. The summed E-state index contributed by atoms with van der Waals surface area (Å²) in [6, 6.07) is 0. The molecule has 0 aliphatic rings. The average Bonchev–Trinajstić information content (AvgIpc) is 3.09. The van der Waals surface area contributed by atoms with Crippen molar-refractivity contribution in [3.63, 3.8) is 0 Å². The lowest BCUT2D eigenvalue weighted by atomic mass is 10.1. The van der Waals surface area contributed by atoms with E-state index in [2.05, 4.69) is 43.5 Å². The Balaban J connectivity index is 3.95. The summed E-state index contributed by atoms with van der Waals surface area (Å²) in [5, 5.41) is 2.64. The van der Waals surface area contributed by atoms with E-state index in [0.717, 1.165) is 57.8 Å². The SMILES string of the molecule is CCCCCCCCC=CCCCCCCCC(=O)OCC(CNC(=O)CN)OC(=O)CCCCCCCC=CCCCCCCCC. The molecule has 0 radical (unpaired) electrons. The molecule has 0 saturated heterocycles. The first-order valence-electron chi connectivity index (χ1n) is 20.1. The van der Waals surface area contributed by atoms with Crippen molar-refractivity contribution in [3.05, 3.63) is 24.3 Å². The van der Waals surface area contributed by atoms with Crippen molar-refractivity contribution in [3.8, 4) is 0 Å². The summed E-state index contributed by atoms with van der Waals surface area (Å²) in [4.78, 5) is 36.4. The fourth-order valence-electron chi connectivity index (χ4n) is 5.62. The van der Waals surface area contributed by atoms with Gasteiger partial charge in [-0.15, -0.1) is 0 Å². The van der Waals surface area contributed by atoms with Crippen molar-refractivity contribution in [2.24, 2.45) is 5.73 Å². The predicted octanol–water partition coefficient (Wildman–Crippen LogP) is 10.6. The van der Waals surface area contributed by atoms with Crippen LogP contribution in [0.4, 0.5) is 0 Å². The second kappa shape index (κ2) is 37.7. The zero-order valence-electron chi connectivity index (χ0n) is 31.4. The van der Waals surface area contributed by atoms with Gasteiger partial charge in [-0.25, -0.2) is 0 Å². The highest BCUT2D eigenvalue weighted by atomic mass is 16.6. The molecular formula is C41H76N2O5. The van der Waals surface area contributed by atoms with Crippen molar-refractivity contribution < 1.29 is 23.9 Å².